The largest absolute Gasteiger partial charge is 0.479 e. The molecule has 148 valence electrons. The number of aromatic nitrogens is 1. The Balaban J connectivity index is 1.53. The van der Waals surface area contributed by atoms with E-state index in [1.807, 2.05) is 30.3 Å². The lowest BCUT2D eigenvalue weighted by Gasteiger charge is -2.06. The quantitative estimate of drug-likeness (QED) is 0.610. The number of amides is 1. The molecule has 0 radical (unpaired) electrons. The molecule has 0 aliphatic rings. The molecular weight excluding hydrogens is 390 g/mol. The van der Waals surface area contributed by atoms with Crippen LogP contribution in [0.15, 0.2) is 65.7 Å². The molecule has 1 heterocycles. The van der Waals surface area contributed by atoms with Crippen molar-refractivity contribution in [2.45, 2.75) is 11.8 Å². The van der Waals surface area contributed by atoms with Crippen molar-refractivity contribution in [3.05, 3.63) is 60.8 Å². The number of nitrogens with zero attached hydrogens (tertiary/aromatic N) is 1. The van der Waals surface area contributed by atoms with Crippen molar-refractivity contribution in [2.75, 3.05) is 18.5 Å². The van der Waals surface area contributed by atoms with Crippen LogP contribution in [0.25, 0.3) is 10.9 Å². The van der Waals surface area contributed by atoms with E-state index >= 15 is 0 Å². The first-order chi connectivity index (χ1) is 14.0. The minimum atomic E-state index is -3.69. The summed E-state index contributed by atoms with van der Waals surface area (Å²) < 4.78 is 32.6. The van der Waals surface area contributed by atoms with Crippen molar-refractivity contribution >= 4 is 32.5 Å². The maximum absolute atomic E-state index is 12.3. The number of nitrogens with one attached hydrogen (secondary N) is 2. The Morgan fingerprint density at radius 1 is 1.07 bits per heavy atom. The highest BCUT2D eigenvalue weighted by Gasteiger charge is 2.12. The number of para-hydroxylation sites is 1. The summed E-state index contributed by atoms with van der Waals surface area (Å²) in [5.74, 6) is 5.90. The topological polar surface area (TPSA) is 97.4 Å². The number of ether oxygens (including phenoxy) is 1. The number of anilines is 1. The van der Waals surface area contributed by atoms with Gasteiger partial charge in [0, 0.05) is 24.2 Å². The highest BCUT2D eigenvalue weighted by atomic mass is 32.2. The first-order valence-electron chi connectivity index (χ1n) is 8.75. The van der Waals surface area contributed by atoms with Crippen LogP contribution in [0.5, 0.6) is 5.75 Å². The maximum Gasteiger partial charge on any atom is 0.241 e. The molecule has 1 amide bonds. The first kappa shape index (κ1) is 20.3. The van der Waals surface area contributed by atoms with E-state index in [2.05, 4.69) is 26.9 Å². The molecule has 8 heteroatoms. The second kappa shape index (κ2) is 9.19. The number of pyridine rings is 1. The number of benzene rings is 2. The van der Waals surface area contributed by atoms with Gasteiger partial charge in [-0.3, -0.25) is 9.78 Å². The molecule has 0 fully saturated rings. The SMILES string of the molecule is CC(=O)Nc1ccc(S(=O)(=O)NCC#CCOc2cccc3cccnc23)cc1. The van der Waals surface area contributed by atoms with Crippen molar-refractivity contribution < 1.29 is 17.9 Å². The molecule has 0 saturated carbocycles. The van der Waals surface area contributed by atoms with Gasteiger partial charge in [0.25, 0.3) is 0 Å². The van der Waals surface area contributed by atoms with Crippen LogP contribution in [0.3, 0.4) is 0 Å². The summed E-state index contributed by atoms with van der Waals surface area (Å²) in [5, 5.41) is 3.55. The Hall–Kier alpha value is -3.41. The summed E-state index contributed by atoms with van der Waals surface area (Å²) in [4.78, 5) is 15.4. The molecule has 0 spiro atoms. The summed E-state index contributed by atoms with van der Waals surface area (Å²) in [6, 6.07) is 15.3. The van der Waals surface area contributed by atoms with Gasteiger partial charge in [-0.1, -0.05) is 30.0 Å². The van der Waals surface area contributed by atoms with Crippen molar-refractivity contribution in [1.82, 2.24) is 9.71 Å². The van der Waals surface area contributed by atoms with Crippen LogP contribution >= 0.6 is 0 Å². The van der Waals surface area contributed by atoms with Crippen LogP contribution in [-0.2, 0) is 14.8 Å². The Morgan fingerprint density at radius 2 is 1.83 bits per heavy atom. The average Bonchev–Trinajstić information content (AvgIpc) is 2.70. The molecule has 3 aromatic rings. The van der Waals surface area contributed by atoms with Crippen molar-refractivity contribution in [1.29, 1.82) is 0 Å². The fourth-order valence-electron chi connectivity index (χ4n) is 2.56. The second-order valence-corrected chi connectivity index (χ2v) is 7.77. The van der Waals surface area contributed by atoms with Crippen molar-refractivity contribution in [2.24, 2.45) is 0 Å². The number of hydrogen-bond donors (Lipinski definition) is 2. The van der Waals surface area contributed by atoms with Gasteiger partial charge < -0.3 is 10.1 Å². The molecule has 0 atom stereocenters. The third-order valence-corrected chi connectivity index (χ3v) is 5.27. The Morgan fingerprint density at radius 3 is 2.59 bits per heavy atom. The third-order valence-electron chi connectivity index (χ3n) is 3.86. The monoisotopic (exact) mass is 409 g/mol. The van der Waals surface area contributed by atoms with Gasteiger partial charge in [0.2, 0.25) is 15.9 Å². The fraction of sp³-hybridized carbons (Fsp3) is 0.143. The lowest BCUT2D eigenvalue weighted by molar-refractivity contribution is -0.114. The van der Waals surface area contributed by atoms with Gasteiger partial charge in [-0.15, -0.1) is 0 Å². The summed E-state index contributed by atoms with van der Waals surface area (Å²) in [5.41, 5.74) is 1.27. The molecule has 0 saturated heterocycles. The summed E-state index contributed by atoms with van der Waals surface area (Å²) >= 11 is 0. The molecule has 2 aromatic carbocycles. The van der Waals surface area contributed by atoms with Gasteiger partial charge >= 0.3 is 0 Å². The number of fused-ring (bicyclic) bond motifs is 1. The van der Waals surface area contributed by atoms with E-state index in [1.165, 1.54) is 31.2 Å². The van der Waals surface area contributed by atoms with Crippen LogP contribution in [0.4, 0.5) is 5.69 Å². The molecular formula is C21H19N3O4S. The van der Waals surface area contributed by atoms with Gasteiger partial charge in [0.05, 0.1) is 11.4 Å². The second-order valence-electron chi connectivity index (χ2n) is 6.00. The molecule has 0 unspecified atom stereocenters. The zero-order valence-electron chi connectivity index (χ0n) is 15.7. The van der Waals surface area contributed by atoms with E-state index in [0.29, 0.717) is 11.4 Å². The highest BCUT2D eigenvalue weighted by Crippen LogP contribution is 2.22. The van der Waals surface area contributed by atoms with Crippen molar-refractivity contribution in [3.63, 3.8) is 0 Å². The standard InChI is InChI=1S/C21H19N3O4S/c1-16(25)24-18-9-11-19(12-10-18)29(26,27)23-14-2-3-15-28-20-8-4-6-17-7-5-13-22-21(17)20/h4-13,23H,14-15H2,1H3,(H,24,25). The van der Waals surface area contributed by atoms with Crippen LogP contribution in [0.1, 0.15) is 6.92 Å². The number of sulfonamides is 1. The van der Waals surface area contributed by atoms with E-state index in [9.17, 15) is 13.2 Å². The number of carbonyl (C=O) groups is 1. The summed E-state index contributed by atoms with van der Waals surface area (Å²) in [6.45, 7) is 1.45. The van der Waals surface area contributed by atoms with E-state index in [-0.39, 0.29) is 24.0 Å². The zero-order chi connectivity index (χ0) is 20.7. The lowest BCUT2D eigenvalue weighted by atomic mass is 10.2. The molecule has 7 nitrogen and oxygen atoms in total. The molecule has 3 rings (SSSR count). The predicted molar refractivity (Wildman–Crippen MR) is 111 cm³/mol. The highest BCUT2D eigenvalue weighted by molar-refractivity contribution is 7.89. The van der Waals surface area contributed by atoms with Crippen molar-refractivity contribution in [3.8, 4) is 17.6 Å². The number of rotatable bonds is 6. The Kier molecular flexibility index (Phi) is 6.44. The smallest absolute Gasteiger partial charge is 0.241 e. The number of hydrogen-bond acceptors (Lipinski definition) is 5. The van der Waals surface area contributed by atoms with Crippen LogP contribution in [-0.4, -0.2) is 32.5 Å². The molecule has 0 aliphatic carbocycles. The zero-order valence-corrected chi connectivity index (χ0v) is 16.5. The summed E-state index contributed by atoms with van der Waals surface area (Å²) in [6.07, 6.45) is 1.69. The first-order valence-corrected chi connectivity index (χ1v) is 10.2. The predicted octanol–water partition coefficient (Wildman–Crippen LogP) is 2.55. The minimum Gasteiger partial charge on any atom is -0.479 e. The summed E-state index contributed by atoms with van der Waals surface area (Å²) in [7, 11) is -3.69. The van der Waals surface area contributed by atoms with Crippen LogP contribution in [0, 0.1) is 11.8 Å². The van der Waals surface area contributed by atoms with E-state index in [1.54, 1.807) is 6.20 Å². The average molecular weight is 409 g/mol. The lowest BCUT2D eigenvalue weighted by Crippen LogP contribution is -2.24. The number of carbonyl (C=O) groups excluding carboxylic acids is 1. The molecule has 1 aromatic heterocycles. The Bertz CT molecular complexity index is 1170. The fourth-order valence-corrected chi connectivity index (χ4v) is 3.48. The van der Waals surface area contributed by atoms with Gasteiger partial charge in [0.15, 0.2) is 0 Å². The molecule has 2 N–H and O–H groups in total. The van der Waals surface area contributed by atoms with Crippen LogP contribution < -0.4 is 14.8 Å². The third kappa shape index (κ3) is 5.54. The van der Waals surface area contributed by atoms with Gasteiger partial charge in [-0.05, 0) is 36.4 Å². The van der Waals surface area contributed by atoms with Gasteiger partial charge in [-0.2, -0.15) is 4.72 Å². The molecule has 29 heavy (non-hydrogen) atoms. The van der Waals surface area contributed by atoms with E-state index in [0.717, 1.165) is 10.9 Å². The molecule has 0 bridgehead atoms. The van der Waals surface area contributed by atoms with Gasteiger partial charge in [-0.25, -0.2) is 8.42 Å². The van der Waals surface area contributed by atoms with Gasteiger partial charge in [0.1, 0.15) is 17.9 Å². The van der Waals surface area contributed by atoms with Crippen LogP contribution in [0.2, 0.25) is 0 Å². The maximum atomic E-state index is 12.3. The molecule has 0 aliphatic heterocycles. The normalized spacial score (nSPS) is 10.8. The van der Waals surface area contributed by atoms with E-state index in [4.69, 9.17) is 4.74 Å². The Labute approximate surface area is 169 Å². The van der Waals surface area contributed by atoms with E-state index < -0.39 is 10.0 Å². The minimum absolute atomic E-state index is 0.0487.